The number of hydrogen-bond acceptors (Lipinski definition) is 4. The number of carbonyl (C=O) groups is 2. The standard InChI is InChI=1S/C21H24N2O4/c1-26-19-9-4-3-8-18(19)16-6-5-7-17(13-16)22-21(25)23-11-10-15(14-23)12-20(24)27-2/h3-9,13,15H,10-12,14H2,1-2H3,(H,22,25). The Balaban J connectivity index is 1.66. The van der Waals surface area contributed by atoms with Crippen molar-refractivity contribution in [2.75, 3.05) is 32.6 Å². The predicted molar refractivity (Wildman–Crippen MR) is 104 cm³/mol. The highest BCUT2D eigenvalue weighted by Crippen LogP contribution is 2.31. The normalized spacial score (nSPS) is 16.1. The van der Waals surface area contributed by atoms with Crippen molar-refractivity contribution in [1.29, 1.82) is 0 Å². The quantitative estimate of drug-likeness (QED) is 0.816. The summed E-state index contributed by atoms with van der Waals surface area (Å²) in [7, 11) is 3.03. The summed E-state index contributed by atoms with van der Waals surface area (Å²) >= 11 is 0. The van der Waals surface area contributed by atoms with E-state index in [4.69, 9.17) is 9.47 Å². The predicted octanol–water partition coefficient (Wildman–Crippen LogP) is 3.78. The monoisotopic (exact) mass is 368 g/mol. The highest BCUT2D eigenvalue weighted by Gasteiger charge is 2.28. The van der Waals surface area contributed by atoms with Crippen molar-refractivity contribution in [2.24, 2.45) is 5.92 Å². The Morgan fingerprint density at radius 3 is 2.74 bits per heavy atom. The molecule has 1 heterocycles. The lowest BCUT2D eigenvalue weighted by Crippen LogP contribution is -2.33. The first kappa shape index (κ1) is 18.8. The van der Waals surface area contributed by atoms with Gasteiger partial charge in [0.25, 0.3) is 0 Å². The van der Waals surface area contributed by atoms with E-state index in [2.05, 4.69) is 5.32 Å². The first-order valence-corrected chi connectivity index (χ1v) is 8.97. The number of urea groups is 1. The highest BCUT2D eigenvalue weighted by molar-refractivity contribution is 5.90. The first-order chi connectivity index (χ1) is 13.1. The summed E-state index contributed by atoms with van der Waals surface area (Å²) in [6.07, 6.45) is 1.16. The second-order valence-electron chi connectivity index (χ2n) is 6.59. The molecule has 2 amide bonds. The number of esters is 1. The van der Waals surface area contributed by atoms with Crippen LogP contribution in [0.5, 0.6) is 5.75 Å². The molecule has 0 spiro atoms. The number of amides is 2. The van der Waals surface area contributed by atoms with Crippen LogP contribution in [0, 0.1) is 5.92 Å². The zero-order valence-corrected chi connectivity index (χ0v) is 15.6. The third-order valence-corrected chi connectivity index (χ3v) is 4.79. The van der Waals surface area contributed by atoms with Crippen molar-refractivity contribution in [3.63, 3.8) is 0 Å². The van der Waals surface area contributed by atoms with Crippen LogP contribution < -0.4 is 10.1 Å². The summed E-state index contributed by atoms with van der Waals surface area (Å²) in [5.74, 6) is 0.709. The number of rotatable bonds is 5. The molecule has 1 unspecified atom stereocenters. The van der Waals surface area contributed by atoms with E-state index in [1.807, 2.05) is 48.5 Å². The fourth-order valence-corrected chi connectivity index (χ4v) is 3.35. The molecule has 1 aliphatic rings. The molecule has 1 atom stereocenters. The molecule has 2 aromatic carbocycles. The second-order valence-corrected chi connectivity index (χ2v) is 6.59. The Kier molecular flexibility index (Phi) is 5.96. The van der Waals surface area contributed by atoms with Crippen molar-refractivity contribution < 1.29 is 19.1 Å². The third-order valence-electron chi connectivity index (χ3n) is 4.79. The Morgan fingerprint density at radius 1 is 1.15 bits per heavy atom. The number of methoxy groups -OCH3 is 2. The first-order valence-electron chi connectivity index (χ1n) is 8.97. The Labute approximate surface area is 159 Å². The fourth-order valence-electron chi connectivity index (χ4n) is 3.35. The van der Waals surface area contributed by atoms with Crippen LogP contribution in [0.1, 0.15) is 12.8 Å². The van der Waals surface area contributed by atoms with Crippen LogP contribution in [0.3, 0.4) is 0 Å². The highest BCUT2D eigenvalue weighted by atomic mass is 16.5. The van der Waals surface area contributed by atoms with E-state index in [1.54, 1.807) is 12.0 Å². The zero-order chi connectivity index (χ0) is 19.2. The number of anilines is 1. The minimum absolute atomic E-state index is 0.153. The molecule has 1 N–H and O–H groups in total. The van der Waals surface area contributed by atoms with Crippen LogP contribution in [0.25, 0.3) is 11.1 Å². The SMILES string of the molecule is COC(=O)CC1CCN(C(=O)Nc2cccc(-c3ccccc3OC)c2)C1. The van der Waals surface area contributed by atoms with Crippen LogP contribution in [0.2, 0.25) is 0 Å². The van der Waals surface area contributed by atoms with E-state index < -0.39 is 0 Å². The molecule has 6 heteroatoms. The molecular formula is C21H24N2O4. The molecule has 0 radical (unpaired) electrons. The van der Waals surface area contributed by atoms with Crippen LogP contribution in [0.4, 0.5) is 10.5 Å². The van der Waals surface area contributed by atoms with Crippen molar-refractivity contribution in [3.8, 4) is 16.9 Å². The molecule has 0 bridgehead atoms. The Hall–Kier alpha value is -3.02. The number of benzene rings is 2. The number of likely N-dealkylation sites (tertiary alicyclic amines) is 1. The fraction of sp³-hybridized carbons (Fsp3) is 0.333. The van der Waals surface area contributed by atoms with Crippen LogP contribution in [-0.2, 0) is 9.53 Å². The Bertz CT molecular complexity index is 821. The number of ether oxygens (including phenoxy) is 2. The van der Waals surface area contributed by atoms with Crippen LogP contribution in [-0.4, -0.2) is 44.2 Å². The smallest absolute Gasteiger partial charge is 0.321 e. The number of hydrogen-bond donors (Lipinski definition) is 1. The summed E-state index contributed by atoms with van der Waals surface area (Å²) < 4.78 is 10.1. The summed E-state index contributed by atoms with van der Waals surface area (Å²) in [5, 5.41) is 2.95. The van der Waals surface area contributed by atoms with Crippen molar-refractivity contribution in [3.05, 3.63) is 48.5 Å². The van der Waals surface area contributed by atoms with E-state index >= 15 is 0 Å². The van der Waals surface area contributed by atoms with Gasteiger partial charge in [0.05, 0.1) is 20.6 Å². The maximum Gasteiger partial charge on any atom is 0.321 e. The van der Waals surface area contributed by atoms with Gasteiger partial charge in [0, 0.05) is 24.3 Å². The molecule has 0 aliphatic carbocycles. The van der Waals surface area contributed by atoms with Gasteiger partial charge in [0.15, 0.2) is 0 Å². The van der Waals surface area contributed by atoms with Crippen LogP contribution in [0.15, 0.2) is 48.5 Å². The Morgan fingerprint density at radius 2 is 1.96 bits per heavy atom. The number of carbonyl (C=O) groups excluding carboxylic acids is 2. The van der Waals surface area contributed by atoms with Crippen molar-refractivity contribution >= 4 is 17.7 Å². The summed E-state index contributed by atoms with van der Waals surface area (Å²) in [5.41, 5.74) is 2.66. The van der Waals surface area contributed by atoms with Gasteiger partial charge in [-0.3, -0.25) is 4.79 Å². The third kappa shape index (κ3) is 4.58. The minimum Gasteiger partial charge on any atom is -0.496 e. The molecule has 1 aliphatic heterocycles. The molecule has 0 saturated carbocycles. The zero-order valence-electron chi connectivity index (χ0n) is 15.6. The lowest BCUT2D eigenvalue weighted by atomic mass is 10.0. The number of para-hydroxylation sites is 1. The molecule has 1 fully saturated rings. The van der Waals surface area contributed by atoms with E-state index in [-0.39, 0.29) is 17.9 Å². The van der Waals surface area contributed by atoms with Gasteiger partial charge in [0.2, 0.25) is 0 Å². The van der Waals surface area contributed by atoms with E-state index in [0.717, 1.165) is 29.0 Å². The molecule has 1 saturated heterocycles. The molecular weight excluding hydrogens is 344 g/mol. The summed E-state index contributed by atoms with van der Waals surface area (Å²) in [6.45, 7) is 1.20. The average molecular weight is 368 g/mol. The summed E-state index contributed by atoms with van der Waals surface area (Å²) in [4.78, 5) is 25.7. The van der Waals surface area contributed by atoms with E-state index in [9.17, 15) is 9.59 Å². The topological polar surface area (TPSA) is 67.9 Å². The maximum atomic E-state index is 12.6. The number of nitrogens with zero attached hydrogens (tertiary/aromatic N) is 1. The van der Waals surface area contributed by atoms with E-state index in [0.29, 0.717) is 19.5 Å². The van der Waals surface area contributed by atoms with Gasteiger partial charge >= 0.3 is 12.0 Å². The van der Waals surface area contributed by atoms with Gasteiger partial charge in [-0.05, 0) is 36.1 Å². The maximum absolute atomic E-state index is 12.6. The average Bonchev–Trinajstić information content (AvgIpc) is 3.16. The van der Waals surface area contributed by atoms with E-state index in [1.165, 1.54) is 7.11 Å². The molecule has 6 nitrogen and oxygen atoms in total. The van der Waals surface area contributed by atoms with Crippen LogP contribution >= 0.6 is 0 Å². The second kappa shape index (κ2) is 8.58. The molecule has 2 aromatic rings. The van der Waals surface area contributed by atoms with Gasteiger partial charge in [-0.2, -0.15) is 0 Å². The molecule has 3 rings (SSSR count). The van der Waals surface area contributed by atoms with Gasteiger partial charge in [-0.25, -0.2) is 4.79 Å². The van der Waals surface area contributed by atoms with Gasteiger partial charge in [-0.1, -0.05) is 30.3 Å². The van der Waals surface area contributed by atoms with Crippen molar-refractivity contribution in [2.45, 2.75) is 12.8 Å². The molecule has 27 heavy (non-hydrogen) atoms. The molecule has 0 aromatic heterocycles. The lowest BCUT2D eigenvalue weighted by Gasteiger charge is -2.18. The largest absolute Gasteiger partial charge is 0.496 e. The van der Waals surface area contributed by atoms with Gasteiger partial charge in [-0.15, -0.1) is 0 Å². The molecule has 142 valence electrons. The van der Waals surface area contributed by atoms with Gasteiger partial charge in [0.1, 0.15) is 5.75 Å². The van der Waals surface area contributed by atoms with Gasteiger partial charge < -0.3 is 19.7 Å². The lowest BCUT2D eigenvalue weighted by molar-refractivity contribution is -0.141. The van der Waals surface area contributed by atoms with Crippen molar-refractivity contribution in [1.82, 2.24) is 4.90 Å². The number of nitrogens with one attached hydrogen (secondary N) is 1. The summed E-state index contributed by atoms with van der Waals surface area (Å²) in [6, 6.07) is 15.3. The minimum atomic E-state index is -0.230.